The third-order valence-electron chi connectivity index (χ3n) is 4.88. The number of aromatic hydroxyl groups is 1. The van der Waals surface area contributed by atoms with Gasteiger partial charge in [0.1, 0.15) is 11.5 Å². The Morgan fingerprint density at radius 3 is 2.41 bits per heavy atom. The first kappa shape index (κ1) is 18.8. The second-order valence-corrected chi connectivity index (χ2v) is 7.02. The highest BCUT2D eigenvalue weighted by Gasteiger charge is 2.29. The first-order valence-corrected chi connectivity index (χ1v) is 9.33. The highest BCUT2D eigenvalue weighted by Crippen LogP contribution is 2.42. The van der Waals surface area contributed by atoms with Gasteiger partial charge < -0.3 is 15.2 Å². The zero-order chi connectivity index (χ0) is 19.2. The zero-order valence-corrected chi connectivity index (χ0v) is 16.1. The Hall–Kier alpha value is -2.94. The van der Waals surface area contributed by atoms with Crippen LogP contribution in [-0.4, -0.2) is 18.8 Å². The van der Waals surface area contributed by atoms with Gasteiger partial charge in [0.15, 0.2) is 0 Å². The fourth-order valence-electron chi connectivity index (χ4n) is 3.46. The van der Waals surface area contributed by atoms with Crippen molar-refractivity contribution in [2.24, 2.45) is 5.92 Å². The summed E-state index contributed by atoms with van der Waals surface area (Å²) < 4.78 is 5.75. The van der Waals surface area contributed by atoms with Gasteiger partial charge in [-0.2, -0.15) is 0 Å². The average Bonchev–Trinajstić information content (AvgIpc) is 2.69. The summed E-state index contributed by atoms with van der Waals surface area (Å²) >= 11 is 0. The van der Waals surface area contributed by atoms with Crippen LogP contribution in [0.3, 0.4) is 0 Å². The van der Waals surface area contributed by atoms with Crippen molar-refractivity contribution in [2.75, 3.05) is 19.0 Å². The molecular weight excluding hydrogens is 334 g/mol. The summed E-state index contributed by atoms with van der Waals surface area (Å²) in [6.07, 6.45) is 0. The van der Waals surface area contributed by atoms with Crippen LogP contribution in [0.15, 0.2) is 72.8 Å². The quantitative estimate of drug-likeness (QED) is 0.625. The molecular formula is C24H27NO2. The number of hydrogen-bond acceptors (Lipinski definition) is 3. The minimum Gasteiger partial charge on any atom is -0.508 e. The van der Waals surface area contributed by atoms with Crippen molar-refractivity contribution >= 4 is 5.69 Å². The summed E-state index contributed by atoms with van der Waals surface area (Å²) in [7, 11) is 1.93. The monoisotopic (exact) mass is 361 g/mol. The number of phenols is 1. The van der Waals surface area contributed by atoms with Crippen molar-refractivity contribution < 1.29 is 9.84 Å². The highest BCUT2D eigenvalue weighted by molar-refractivity contribution is 5.52. The Balaban J connectivity index is 0.000000253. The number of hydrogen-bond donors (Lipinski definition) is 2. The van der Waals surface area contributed by atoms with E-state index in [2.05, 4.69) is 55.6 Å². The van der Waals surface area contributed by atoms with Gasteiger partial charge in [-0.3, -0.25) is 0 Å². The largest absolute Gasteiger partial charge is 0.508 e. The summed E-state index contributed by atoms with van der Waals surface area (Å²) in [5, 5.41) is 12.8. The van der Waals surface area contributed by atoms with Gasteiger partial charge in [0.05, 0.1) is 6.61 Å². The maximum absolute atomic E-state index is 9.60. The predicted molar refractivity (Wildman–Crippen MR) is 112 cm³/mol. The Bertz CT molecular complexity index is 877. The van der Waals surface area contributed by atoms with E-state index in [1.54, 1.807) is 12.1 Å². The SMILES string of the molecule is CNc1cccc(C2c3ccc(O)cc3OCC2C)c1.Cc1ccccc1. The average molecular weight is 361 g/mol. The Labute approximate surface area is 161 Å². The Morgan fingerprint density at radius 2 is 1.74 bits per heavy atom. The molecule has 3 aromatic carbocycles. The molecule has 2 N–H and O–H groups in total. The molecule has 0 radical (unpaired) electrons. The molecule has 2 unspecified atom stereocenters. The van der Waals surface area contributed by atoms with E-state index in [9.17, 15) is 5.11 Å². The summed E-state index contributed by atoms with van der Waals surface area (Å²) in [5.41, 5.74) is 4.86. The first-order valence-electron chi connectivity index (χ1n) is 9.33. The molecule has 1 aliphatic rings. The fourth-order valence-corrected chi connectivity index (χ4v) is 3.46. The van der Waals surface area contributed by atoms with Crippen LogP contribution in [0.5, 0.6) is 11.5 Å². The van der Waals surface area contributed by atoms with Crippen molar-refractivity contribution in [3.05, 3.63) is 89.5 Å². The van der Waals surface area contributed by atoms with Crippen molar-refractivity contribution in [1.82, 2.24) is 0 Å². The van der Waals surface area contributed by atoms with E-state index < -0.39 is 0 Å². The Morgan fingerprint density at radius 1 is 0.963 bits per heavy atom. The molecule has 0 bridgehead atoms. The fraction of sp³-hybridized carbons (Fsp3) is 0.250. The van der Waals surface area contributed by atoms with Crippen LogP contribution >= 0.6 is 0 Å². The molecule has 0 aliphatic carbocycles. The number of anilines is 1. The lowest BCUT2D eigenvalue weighted by Gasteiger charge is -2.32. The lowest BCUT2D eigenvalue weighted by atomic mass is 9.80. The van der Waals surface area contributed by atoms with E-state index >= 15 is 0 Å². The maximum Gasteiger partial charge on any atom is 0.126 e. The van der Waals surface area contributed by atoms with Crippen LogP contribution in [0.1, 0.15) is 29.5 Å². The van der Waals surface area contributed by atoms with E-state index in [0.29, 0.717) is 18.4 Å². The van der Waals surface area contributed by atoms with Crippen molar-refractivity contribution in [1.29, 1.82) is 0 Å². The summed E-state index contributed by atoms with van der Waals surface area (Å²) in [5.74, 6) is 1.75. The molecule has 2 atom stereocenters. The topological polar surface area (TPSA) is 41.5 Å². The van der Waals surface area contributed by atoms with Gasteiger partial charge in [-0.25, -0.2) is 0 Å². The van der Waals surface area contributed by atoms with Gasteiger partial charge in [0.2, 0.25) is 0 Å². The number of rotatable bonds is 2. The molecule has 3 heteroatoms. The number of ether oxygens (including phenoxy) is 1. The molecule has 0 fully saturated rings. The molecule has 3 aromatic rings. The van der Waals surface area contributed by atoms with Gasteiger partial charge in [0.25, 0.3) is 0 Å². The van der Waals surface area contributed by atoms with Gasteiger partial charge in [-0.05, 0) is 30.7 Å². The van der Waals surface area contributed by atoms with Gasteiger partial charge in [-0.15, -0.1) is 0 Å². The van der Waals surface area contributed by atoms with Crippen LogP contribution < -0.4 is 10.1 Å². The summed E-state index contributed by atoms with van der Waals surface area (Å²) in [6, 6.07) is 24.1. The molecule has 0 spiro atoms. The van der Waals surface area contributed by atoms with Crippen molar-refractivity contribution in [3.8, 4) is 11.5 Å². The number of phenolic OH excluding ortho intramolecular Hbond substituents is 1. The summed E-state index contributed by atoms with van der Waals surface area (Å²) in [4.78, 5) is 0. The highest BCUT2D eigenvalue weighted by atomic mass is 16.5. The number of benzene rings is 3. The zero-order valence-electron chi connectivity index (χ0n) is 16.1. The molecule has 140 valence electrons. The molecule has 1 heterocycles. The number of fused-ring (bicyclic) bond motifs is 1. The maximum atomic E-state index is 9.60. The normalized spacial score (nSPS) is 17.7. The van der Waals surface area contributed by atoms with E-state index in [-0.39, 0.29) is 5.75 Å². The lowest BCUT2D eigenvalue weighted by molar-refractivity contribution is 0.217. The molecule has 0 aromatic heterocycles. The smallest absolute Gasteiger partial charge is 0.126 e. The molecule has 4 rings (SSSR count). The van der Waals surface area contributed by atoms with E-state index in [1.165, 1.54) is 11.1 Å². The van der Waals surface area contributed by atoms with Crippen molar-refractivity contribution in [3.63, 3.8) is 0 Å². The van der Waals surface area contributed by atoms with Gasteiger partial charge in [0, 0.05) is 36.2 Å². The minimum atomic E-state index is 0.251. The first-order chi connectivity index (χ1) is 13.1. The predicted octanol–water partition coefficient (Wildman–Crippen LogP) is 5.59. The molecule has 27 heavy (non-hydrogen) atoms. The van der Waals surface area contributed by atoms with E-state index in [1.807, 2.05) is 31.3 Å². The molecule has 0 saturated carbocycles. The van der Waals surface area contributed by atoms with E-state index in [0.717, 1.165) is 17.0 Å². The molecule has 1 aliphatic heterocycles. The number of aryl methyl sites for hydroxylation is 1. The van der Waals surface area contributed by atoms with Crippen LogP contribution in [-0.2, 0) is 0 Å². The van der Waals surface area contributed by atoms with Gasteiger partial charge in [-0.1, -0.05) is 61.0 Å². The van der Waals surface area contributed by atoms with E-state index in [4.69, 9.17) is 4.74 Å². The van der Waals surface area contributed by atoms with Gasteiger partial charge >= 0.3 is 0 Å². The molecule has 0 saturated heterocycles. The lowest BCUT2D eigenvalue weighted by Crippen LogP contribution is -2.24. The molecule has 0 amide bonds. The third-order valence-corrected chi connectivity index (χ3v) is 4.88. The Kier molecular flexibility index (Phi) is 6.02. The summed E-state index contributed by atoms with van der Waals surface area (Å²) in [6.45, 7) is 4.96. The molecule has 3 nitrogen and oxygen atoms in total. The second-order valence-electron chi connectivity index (χ2n) is 7.02. The van der Waals surface area contributed by atoms with Crippen LogP contribution in [0.25, 0.3) is 0 Å². The number of nitrogens with one attached hydrogen (secondary N) is 1. The van der Waals surface area contributed by atoms with Crippen LogP contribution in [0, 0.1) is 12.8 Å². The minimum absolute atomic E-state index is 0.251. The van der Waals surface area contributed by atoms with Crippen molar-refractivity contribution in [2.45, 2.75) is 19.8 Å². The van der Waals surface area contributed by atoms with Crippen LogP contribution in [0.4, 0.5) is 5.69 Å². The van der Waals surface area contributed by atoms with Crippen LogP contribution in [0.2, 0.25) is 0 Å². The second kappa shape index (κ2) is 8.63. The standard InChI is InChI=1S/C17H19NO2.C7H8/c1-11-10-20-16-9-14(19)6-7-15(16)17(11)12-4-3-5-13(8-12)18-2;1-7-5-3-2-4-6-7/h3-9,11,17-19H,10H2,1-2H3;2-6H,1H3. The third kappa shape index (κ3) is 4.62.